The molecule has 2 heterocycles. The molecule has 17 heavy (non-hydrogen) atoms. The summed E-state index contributed by atoms with van der Waals surface area (Å²) in [5, 5.41) is 3.28. The van der Waals surface area contributed by atoms with Crippen LogP contribution in [0.25, 0.3) is 0 Å². The number of rotatable bonds is 4. The molecule has 2 saturated heterocycles. The first-order chi connectivity index (χ1) is 8.20. The van der Waals surface area contributed by atoms with Gasteiger partial charge in [0.1, 0.15) is 0 Å². The number of carbonyl (C=O) groups is 1. The number of hydrogen-bond donors (Lipinski definition) is 1. The van der Waals surface area contributed by atoms with E-state index in [1.807, 2.05) is 4.90 Å². The third-order valence-electron chi connectivity index (χ3n) is 4.15. The van der Waals surface area contributed by atoms with Gasteiger partial charge in [-0.3, -0.25) is 9.69 Å². The van der Waals surface area contributed by atoms with Crippen LogP contribution in [0.5, 0.6) is 0 Å². The first kappa shape index (κ1) is 12.8. The highest BCUT2D eigenvalue weighted by atomic mass is 16.2. The van der Waals surface area contributed by atoms with Crippen molar-refractivity contribution in [2.75, 3.05) is 32.7 Å². The fraction of sp³-hybridized carbons (Fsp3) is 0.923. The second kappa shape index (κ2) is 5.83. The van der Waals surface area contributed by atoms with E-state index in [2.05, 4.69) is 24.1 Å². The SMILES string of the molecule is CCC(C)NCC(=O)N1CCN2CCCC2C1. The number of amides is 1. The van der Waals surface area contributed by atoms with Crippen LogP contribution in [0, 0.1) is 0 Å². The Morgan fingerprint density at radius 3 is 3.00 bits per heavy atom. The highest BCUT2D eigenvalue weighted by Crippen LogP contribution is 2.21. The zero-order chi connectivity index (χ0) is 12.3. The molecule has 1 amide bonds. The summed E-state index contributed by atoms with van der Waals surface area (Å²) in [6.07, 6.45) is 3.64. The van der Waals surface area contributed by atoms with Gasteiger partial charge in [-0.05, 0) is 32.7 Å². The van der Waals surface area contributed by atoms with Crippen LogP contribution in [0.3, 0.4) is 0 Å². The van der Waals surface area contributed by atoms with Gasteiger partial charge in [-0.1, -0.05) is 6.92 Å². The lowest BCUT2D eigenvalue weighted by atomic mass is 10.1. The molecule has 98 valence electrons. The van der Waals surface area contributed by atoms with Gasteiger partial charge in [-0.15, -0.1) is 0 Å². The fourth-order valence-electron chi connectivity index (χ4n) is 2.74. The molecule has 2 aliphatic heterocycles. The van der Waals surface area contributed by atoms with Gasteiger partial charge in [0.15, 0.2) is 0 Å². The summed E-state index contributed by atoms with van der Waals surface area (Å²) in [4.78, 5) is 16.6. The van der Waals surface area contributed by atoms with Crippen molar-refractivity contribution in [3.8, 4) is 0 Å². The molecule has 0 aromatic heterocycles. The summed E-state index contributed by atoms with van der Waals surface area (Å²) in [6, 6.07) is 1.07. The van der Waals surface area contributed by atoms with E-state index in [0.29, 0.717) is 18.6 Å². The van der Waals surface area contributed by atoms with Gasteiger partial charge in [0.25, 0.3) is 0 Å². The predicted octanol–water partition coefficient (Wildman–Crippen LogP) is 0.681. The largest absolute Gasteiger partial charge is 0.339 e. The van der Waals surface area contributed by atoms with E-state index in [0.717, 1.165) is 26.1 Å². The Balaban J connectivity index is 1.76. The fourth-order valence-corrected chi connectivity index (χ4v) is 2.74. The van der Waals surface area contributed by atoms with E-state index in [-0.39, 0.29) is 5.91 Å². The van der Waals surface area contributed by atoms with Gasteiger partial charge in [-0.2, -0.15) is 0 Å². The van der Waals surface area contributed by atoms with Crippen LogP contribution in [0.2, 0.25) is 0 Å². The molecular weight excluding hydrogens is 214 g/mol. The van der Waals surface area contributed by atoms with Crippen molar-refractivity contribution in [1.29, 1.82) is 0 Å². The van der Waals surface area contributed by atoms with Crippen LogP contribution in [0.15, 0.2) is 0 Å². The van der Waals surface area contributed by atoms with Crippen molar-refractivity contribution in [2.45, 2.75) is 45.2 Å². The highest BCUT2D eigenvalue weighted by molar-refractivity contribution is 5.78. The Morgan fingerprint density at radius 2 is 2.24 bits per heavy atom. The maximum atomic E-state index is 12.1. The average Bonchev–Trinajstić information content (AvgIpc) is 2.82. The minimum atomic E-state index is 0.275. The smallest absolute Gasteiger partial charge is 0.236 e. The first-order valence-electron chi connectivity index (χ1n) is 6.96. The van der Waals surface area contributed by atoms with Gasteiger partial charge >= 0.3 is 0 Å². The van der Waals surface area contributed by atoms with Gasteiger partial charge in [-0.25, -0.2) is 0 Å². The standard InChI is InChI=1S/C13H25N3O/c1-3-11(2)14-9-13(17)16-8-7-15-6-4-5-12(15)10-16/h11-12,14H,3-10H2,1-2H3. The quantitative estimate of drug-likeness (QED) is 0.784. The molecule has 1 N–H and O–H groups in total. The lowest BCUT2D eigenvalue weighted by molar-refractivity contribution is -0.132. The molecular formula is C13H25N3O. The number of fused-ring (bicyclic) bond motifs is 1. The molecule has 2 aliphatic rings. The molecule has 0 spiro atoms. The molecule has 0 bridgehead atoms. The summed E-state index contributed by atoms with van der Waals surface area (Å²) in [6.45, 7) is 8.93. The Morgan fingerprint density at radius 1 is 1.41 bits per heavy atom. The van der Waals surface area contributed by atoms with Gasteiger partial charge < -0.3 is 10.2 Å². The number of piperazine rings is 1. The van der Waals surface area contributed by atoms with E-state index in [9.17, 15) is 4.79 Å². The van der Waals surface area contributed by atoms with E-state index >= 15 is 0 Å². The molecule has 4 nitrogen and oxygen atoms in total. The Hall–Kier alpha value is -0.610. The monoisotopic (exact) mass is 239 g/mol. The zero-order valence-corrected chi connectivity index (χ0v) is 11.1. The summed E-state index contributed by atoms with van der Waals surface area (Å²) in [5.74, 6) is 0.275. The molecule has 0 aromatic rings. The number of nitrogens with zero attached hydrogens (tertiary/aromatic N) is 2. The van der Waals surface area contributed by atoms with Crippen LogP contribution in [0.1, 0.15) is 33.1 Å². The molecule has 0 aromatic carbocycles. The van der Waals surface area contributed by atoms with E-state index in [1.165, 1.54) is 19.4 Å². The normalized spacial score (nSPS) is 26.9. The highest BCUT2D eigenvalue weighted by Gasteiger charge is 2.32. The summed E-state index contributed by atoms with van der Waals surface area (Å²) < 4.78 is 0. The first-order valence-corrected chi connectivity index (χ1v) is 6.96. The Kier molecular flexibility index (Phi) is 4.40. The predicted molar refractivity (Wildman–Crippen MR) is 68.9 cm³/mol. The van der Waals surface area contributed by atoms with Crippen LogP contribution >= 0.6 is 0 Å². The summed E-state index contributed by atoms with van der Waals surface area (Å²) in [7, 11) is 0. The third kappa shape index (κ3) is 3.19. The second-order valence-corrected chi connectivity index (χ2v) is 5.36. The van der Waals surface area contributed by atoms with Gasteiger partial charge in [0, 0.05) is 31.7 Å². The van der Waals surface area contributed by atoms with Crippen LogP contribution in [0.4, 0.5) is 0 Å². The zero-order valence-electron chi connectivity index (χ0n) is 11.1. The van der Waals surface area contributed by atoms with Crippen LogP contribution < -0.4 is 5.32 Å². The molecule has 2 fully saturated rings. The lowest BCUT2D eigenvalue weighted by Crippen LogP contribution is -2.54. The van der Waals surface area contributed by atoms with Gasteiger partial charge in [0.2, 0.25) is 5.91 Å². The number of carbonyl (C=O) groups excluding carboxylic acids is 1. The molecule has 0 aliphatic carbocycles. The van der Waals surface area contributed by atoms with Crippen molar-refractivity contribution in [3.05, 3.63) is 0 Å². The maximum Gasteiger partial charge on any atom is 0.236 e. The number of nitrogens with one attached hydrogen (secondary N) is 1. The van der Waals surface area contributed by atoms with E-state index in [1.54, 1.807) is 0 Å². The Bertz CT molecular complexity index is 269. The van der Waals surface area contributed by atoms with Crippen molar-refractivity contribution in [1.82, 2.24) is 15.1 Å². The molecule has 2 rings (SSSR count). The van der Waals surface area contributed by atoms with E-state index < -0.39 is 0 Å². The lowest BCUT2D eigenvalue weighted by Gasteiger charge is -2.37. The van der Waals surface area contributed by atoms with Crippen molar-refractivity contribution in [3.63, 3.8) is 0 Å². The minimum Gasteiger partial charge on any atom is -0.339 e. The topological polar surface area (TPSA) is 35.6 Å². The molecule has 2 unspecified atom stereocenters. The third-order valence-corrected chi connectivity index (χ3v) is 4.15. The Labute approximate surface area is 104 Å². The van der Waals surface area contributed by atoms with Gasteiger partial charge in [0.05, 0.1) is 6.54 Å². The molecule has 0 radical (unpaired) electrons. The van der Waals surface area contributed by atoms with Crippen LogP contribution in [-0.4, -0.2) is 60.5 Å². The maximum absolute atomic E-state index is 12.1. The second-order valence-electron chi connectivity index (χ2n) is 5.36. The summed E-state index contributed by atoms with van der Waals surface area (Å²) >= 11 is 0. The average molecular weight is 239 g/mol. The molecule has 2 atom stereocenters. The summed E-state index contributed by atoms with van der Waals surface area (Å²) in [5.41, 5.74) is 0. The van der Waals surface area contributed by atoms with Crippen LogP contribution in [-0.2, 0) is 4.79 Å². The minimum absolute atomic E-state index is 0.275. The molecule has 0 saturated carbocycles. The molecule has 4 heteroatoms. The number of hydrogen-bond acceptors (Lipinski definition) is 3. The van der Waals surface area contributed by atoms with E-state index in [4.69, 9.17) is 0 Å². The van der Waals surface area contributed by atoms with Crippen molar-refractivity contribution in [2.24, 2.45) is 0 Å². The van der Waals surface area contributed by atoms with Crippen molar-refractivity contribution >= 4 is 5.91 Å². The van der Waals surface area contributed by atoms with Crippen molar-refractivity contribution < 1.29 is 4.79 Å².